The first-order chi connectivity index (χ1) is 8.61. The van der Waals surface area contributed by atoms with Crippen molar-refractivity contribution < 1.29 is 13.5 Å². The first kappa shape index (κ1) is 12.3. The molecule has 0 radical (unpaired) electrons. The summed E-state index contributed by atoms with van der Waals surface area (Å²) in [5.41, 5.74) is 1.03. The lowest BCUT2D eigenvalue weighted by molar-refractivity contribution is 0.0537. The quantitative estimate of drug-likeness (QED) is 0.884. The summed E-state index contributed by atoms with van der Waals surface area (Å²) in [5, 5.41) is 10.6. The second-order valence-corrected chi connectivity index (χ2v) is 3.62. The first-order valence-electron chi connectivity index (χ1n) is 5.24. The molecule has 0 bridgehead atoms. The van der Waals surface area contributed by atoms with Gasteiger partial charge in [-0.25, -0.2) is 4.68 Å². The number of halogens is 2. The highest BCUT2D eigenvalue weighted by Crippen LogP contribution is 2.22. The molecule has 0 saturated heterocycles. The van der Waals surface area contributed by atoms with Crippen molar-refractivity contribution in [3.05, 3.63) is 24.2 Å². The number of hydrogen-bond donors (Lipinski definition) is 1. The van der Waals surface area contributed by atoms with Gasteiger partial charge in [0.25, 0.3) is 5.88 Å². The first-order valence-corrected chi connectivity index (χ1v) is 5.24. The van der Waals surface area contributed by atoms with Crippen molar-refractivity contribution in [3.8, 4) is 5.88 Å². The molecule has 6 nitrogen and oxygen atoms in total. The molecule has 0 saturated carbocycles. The van der Waals surface area contributed by atoms with Crippen LogP contribution in [-0.4, -0.2) is 26.7 Å². The van der Waals surface area contributed by atoms with E-state index in [-0.39, 0.29) is 6.54 Å². The maximum absolute atomic E-state index is 12.6. The van der Waals surface area contributed by atoms with E-state index in [4.69, 9.17) is 4.74 Å². The summed E-state index contributed by atoms with van der Waals surface area (Å²) in [6.07, 6.45) is 3.05. The van der Waals surface area contributed by atoms with Crippen molar-refractivity contribution in [1.29, 1.82) is 0 Å². The number of alkyl halides is 2. The van der Waals surface area contributed by atoms with E-state index >= 15 is 0 Å². The van der Waals surface area contributed by atoms with Gasteiger partial charge in [0.1, 0.15) is 5.69 Å². The van der Waals surface area contributed by atoms with Crippen molar-refractivity contribution in [1.82, 2.24) is 19.6 Å². The highest BCUT2D eigenvalue weighted by atomic mass is 19.3. The van der Waals surface area contributed by atoms with Gasteiger partial charge in [-0.2, -0.15) is 13.9 Å². The van der Waals surface area contributed by atoms with Crippen LogP contribution < -0.4 is 10.1 Å². The zero-order chi connectivity index (χ0) is 13.1. The highest BCUT2D eigenvalue weighted by molar-refractivity contribution is 5.51. The minimum atomic E-state index is -2.65. The Bertz CT molecular complexity index is 522. The van der Waals surface area contributed by atoms with Gasteiger partial charge in [0.05, 0.1) is 25.5 Å². The molecule has 0 unspecified atom stereocenters. The summed E-state index contributed by atoms with van der Waals surface area (Å²) < 4.78 is 32.4. The van der Waals surface area contributed by atoms with Crippen LogP contribution in [0.4, 0.5) is 14.5 Å². The van der Waals surface area contributed by atoms with Crippen molar-refractivity contribution in [2.75, 3.05) is 12.4 Å². The second-order valence-electron chi connectivity index (χ2n) is 3.62. The van der Waals surface area contributed by atoms with Crippen LogP contribution >= 0.6 is 0 Å². The summed E-state index contributed by atoms with van der Waals surface area (Å²) in [6.45, 7) is -2.43. The Morgan fingerprint density at radius 2 is 2.28 bits per heavy atom. The van der Waals surface area contributed by atoms with Crippen LogP contribution in [0.15, 0.2) is 18.5 Å². The lowest BCUT2D eigenvalue weighted by Crippen LogP contribution is -2.09. The number of hydrogen-bond acceptors (Lipinski definition) is 4. The maximum Gasteiger partial charge on any atom is 0.333 e. The molecule has 0 fully saturated rings. The van der Waals surface area contributed by atoms with Gasteiger partial charge in [0, 0.05) is 13.2 Å². The van der Waals surface area contributed by atoms with Gasteiger partial charge in [-0.1, -0.05) is 0 Å². The third kappa shape index (κ3) is 2.41. The van der Waals surface area contributed by atoms with Gasteiger partial charge in [0.2, 0.25) is 0 Å². The van der Waals surface area contributed by atoms with Crippen LogP contribution in [0.5, 0.6) is 5.88 Å². The maximum atomic E-state index is 12.6. The molecular weight excluding hydrogens is 244 g/mol. The minimum Gasteiger partial charge on any atom is -0.478 e. The van der Waals surface area contributed by atoms with E-state index in [9.17, 15) is 8.78 Å². The van der Waals surface area contributed by atoms with E-state index in [0.717, 1.165) is 0 Å². The predicted octanol–water partition coefficient (Wildman–Crippen LogP) is 1.63. The molecule has 0 aromatic carbocycles. The van der Waals surface area contributed by atoms with E-state index in [0.29, 0.717) is 21.9 Å². The molecule has 0 aliphatic carbocycles. The minimum absolute atomic E-state index is 0.215. The standard InChI is InChI=1S/C10H13F2N5O/c1-16-6-8(9(15-16)18-2)13-5-7-3-4-14-17(7)10(11)12/h3-4,6,10,13H,5H2,1-2H3. The number of anilines is 1. The number of ether oxygens (including phenoxy) is 1. The summed E-state index contributed by atoms with van der Waals surface area (Å²) in [7, 11) is 3.24. The molecular formula is C10H13F2N5O. The molecule has 8 heteroatoms. The lowest BCUT2D eigenvalue weighted by Gasteiger charge is -2.08. The Balaban J connectivity index is 2.09. The van der Waals surface area contributed by atoms with Crippen LogP contribution in [0.25, 0.3) is 0 Å². The van der Waals surface area contributed by atoms with E-state index in [2.05, 4.69) is 15.5 Å². The summed E-state index contributed by atoms with van der Waals surface area (Å²) in [5.74, 6) is 0.417. The summed E-state index contributed by atoms with van der Waals surface area (Å²) in [4.78, 5) is 0. The average molecular weight is 257 g/mol. The number of aryl methyl sites for hydroxylation is 1. The van der Waals surface area contributed by atoms with Crippen molar-refractivity contribution >= 4 is 5.69 Å². The molecule has 2 aromatic rings. The van der Waals surface area contributed by atoms with E-state index < -0.39 is 6.55 Å². The van der Waals surface area contributed by atoms with Crippen molar-refractivity contribution in [3.63, 3.8) is 0 Å². The Kier molecular flexibility index (Phi) is 3.45. The third-order valence-electron chi connectivity index (χ3n) is 2.39. The molecule has 2 aromatic heterocycles. The normalized spacial score (nSPS) is 10.9. The third-order valence-corrected chi connectivity index (χ3v) is 2.39. The fourth-order valence-corrected chi connectivity index (χ4v) is 1.58. The van der Waals surface area contributed by atoms with Gasteiger partial charge in [-0.05, 0) is 6.07 Å². The molecule has 0 spiro atoms. The summed E-state index contributed by atoms with van der Waals surface area (Å²) >= 11 is 0. The largest absolute Gasteiger partial charge is 0.478 e. The van der Waals surface area contributed by atoms with Crippen LogP contribution in [0, 0.1) is 0 Å². The number of nitrogens with one attached hydrogen (secondary N) is 1. The molecule has 2 rings (SSSR count). The number of rotatable bonds is 5. The Labute approximate surface area is 102 Å². The average Bonchev–Trinajstić information content (AvgIpc) is 2.92. The smallest absolute Gasteiger partial charge is 0.333 e. The zero-order valence-corrected chi connectivity index (χ0v) is 9.97. The fraction of sp³-hybridized carbons (Fsp3) is 0.400. The predicted molar refractivity (Wildman–Crippen MR) is 60.6 cm³/mol. The van der Waals surface area contributed by atoms with Crippen molar-refractivity contribution in [2.45, 2.75) is 13.1 Å². The monoisotopic (exact) mass is 257 g/mol. The highest BCUT2D eigenvalue weighted by Gasteiger charge is 2.13. The molecule has 0 aliphatic rings. The van der Waals surface area contributed by atoms with Crippen LogP contribution in [0.2, 0.25) is 0 Å². The second kappa shape index (κ2) is 5.03. The van der Waals surface area contributed by atoms with Gasteiger partial charge >= 0.3 is 6.55 Å². The molecule has 0 amide bonds. The SMILES string of the molecule is COc1nn(C)cc1NCc1ccnn1C(F)F. The van der Waals surface area contributed by atoms with Crippen LogP contribution in [-0.2, 0) is 13.6 Å². The van der Waals surface area contributed by atoms with Crippen LogP contribution in [0.1, 0.15) is 12.2 Å². The van der Waals surface area contributed by atoms with Gasteiger partial charge < -0.3 is 10.1 Å². The summed E-state index contributed by atoms with van der Waals surface area (Å²) in [6, 6.07) is 1.53. The molecule has 98 valence electrons. The molecule has 0 aliphatic heterocycles. The topological polar surface area (TPSA) is 56.9 Å². The molecule has 0 atom stereocenters. The molecule has 2 heterocycles. The Morgan fingerprint density at radius 1 is 1.50 bits per heavy atom. The molecule has 18 heavy (non-hydrogen) atoms. The van der Waals surface area contributed by atoms with Crippen molar-refractivity contribution in [2.24, 2.45) is 7.05 Å². The Hall–Kier alpha value is -2.12. The van der Waals surface area contributed by atoms with Crippen LogP contribution in [0.3, 0.4) is 0 Å². The van der Waals surface area contributed by atoms with Gasteiger partial charge in [0.15, 0.2) is 0 Å². The zero-order valence-electron chi connectivity index (χ0n) is 9.97. The van der Waals surface area contributed by atoms with E-state index in [1.54, 1.807) is 17.9 Å². The van der Waals surface area contributed by atoms with E-state index in [1.807, 2.05) is 0 Å². The van der Waals surface area contributed by atoms with Gasteiger partial charge in [-0.15, -0.1) is 5.10 Å². The molecule has 1 N–H and O–H groups in total. The lowest BCUT2D eigenvalue weighted by atomic mass is 10.4. The number of aromatic nitrogens is 4. The number of nitrogens with zero attached hydrogens (tertiary/aromatic N) is 4. The number of methoxy groups -OCH3 is 1. The fourth-order valence-electron chi connectivity index (χ4n) is 1.58. The Morgan fingerprint density at radius 3 is 2.94 bits per heavy atom. The van der Waals surface area contributed by atoms with E-state index in [1.165, 1.54) is 19.4 Å². The van der Waals surface area contributed by atoms with Gasteiger partial charge in [-0.3, -0.25) is 4.68 Å².